The van der Waals surface area contributed by atoms with Crippen LogP contribution in [0.4, 0.5) is 10.1 Å². The number of hydrogen-bond acceptors (Lipinski definition) is 6. The molecule has 0 aromatic carbocycles. The van der Waals surface area contributed by atoms with Crippen molar-refractivity contribution < 1.29 is 9.53 Å². The molecular weight excluding hydrogens is 292 g/mol. The van der Waals surface area contributed by atoms with Gasteiger partial charge in [-0.3, -0.25) is 0 Å². The van der Waals surface area contributed by atoms with Gasteiger partial charge in [-0.2, -0.15) is 0 Å². The maximum atomic E-state index is 11.6. The standard InChI is InChI=1S/C14H16N2O2S2/c1-3-18-13(17)10-7-15-14(19-10)16-11-6-8(2)12(20-11)9-4-5-9/h6-7,9H,3-5H2,1-2H3,(H,15,16). The van der Waals surface area contributed by atoms with Gasteiger partial charge in [-0.15, -0.1) is 11.3 Å². The number of carbonyl (C=O) groups excluding carboxylic acids is 1. The smallest absolute Gasteiger partial charge is 0.350 e. The summed E-state index contributed by atoms with van der Waals surface area (Å²) in [5.74, 6) is 0.459. The number of carbonyl (C=O) groups is 1. The summed E-state index contributed by atoms with van der Waals surface area (Å²) in [6.07, 6.45) is 4.18. The Morgan fingerprint density at radius 3 is 3.00 bits per heavy atom. The summed E-state index contributed by atoms with van der Waals surface area (Å²) < 4.78 is 4.96. The second-order valence-corrected chi connectivity index (χ2v) is 6.92. The van der Waals surface area contributed by atoms with Gasteiger partial charge >= 0.3 is 5.97 Å². The SMILES string of the molecule is CCOC(=O)c1cnc(Nc2cc(C)c(C3CC3)s2)s1. The molecule has 1 aliphatic rings. The summed E-state index contributed by atoms with van der Waals surface area (Å²) in [6, 6.07) is 2.16. The van der Waals surface area contributed by atoms with Crippen LogP contribution in [0.5, 0.6) is 0 Å². The summed E-state index contributed by atoms with van der Waals surface area (Å²) in [5.41, 5.74) is 1.35. The number of aryl methyl sites for hydroxylation is 1. The van der Waals surface area contributed by atoms with Crippen LogP contribution >= 0.6 is 22.7 Å². The largest absolute Gasteiger partial charge is 0.462 e. The molecule has 1 aliphatic carbocycles. The zero-order chi connectivity index (χ0) is 14.1. The van der Waals surface area contributed by atoms with Crippen LogP contribution in [-0.4, -0.2) is 17.6 Å². The van der Waals surface area contributed by atoms with E-state index in [9.17, 15) is 4.79 Å². The van der Waals surface area contributed by atoms with E-state index in [1.165, 1.54) is 34.6 Å². The third kappa shape index (κ3) is 2.86. The predicted octanol–water partition coefficient (Wildman–Crippen LogP) is 4.31. The minimum Gasteiger partial charge on any atom is -0.462 e. The van der Waals surface area contributed by atoms with Crippen LogP contribution in [0.15, 0.2) is 12.3 Å². The highest BCUT2D eigenvalue weighted by atomic mass is 32.1. The van der Waals surface area contributed by atoms with Crippen LogP contribution in [0.3, 0.4) is 0 Å². The van der Waals surface area contributed by atoms with Crippen LogP contribution in [0.1, 0.15) is 45.8 Å². The zero-order valence-corrected chi connectivity index (χ0v) is 13.1. The van der Waals surface area contributed by atoms with E-state index in [-0.39, 0.29) is 5.97 Å². The summed E-state index contributed by atoms with van der Waals surface area (Å²) in [5, 5.41) is 5.11. The Balaban J connectivity index is 1.71. The van der Waals surface area contributed by atoms with Crippen molar-refractivity contribution in [3.63, 3.8) is 0 Å². The number of anilines is 2. The molecule has 2 aromatic rings. The van der Waals surface area contributed by atoms with E-state index < -0.39 is 0 Å². The Kier molecular flexibility index (Phi) is 3.76. The number of thiophene rings is 1. The van der Waals surface area contributed by atoms with Crippen molar-refractivity contribution in [3.05, 3.63) is 27.6 Å². The van der Waals surface area contributed by atoms with Crippen LogP contribution in [-0.2, 0) is 4.74 Å². The van der Waals surface area contributed by atoms with Gasteiger partial charge in [-0.1, -0.05) is 11.3 Å². The minimum absolute atomic E-state index is 0.306. The van der Waals surface area contributed by atoms with Gasteiger partial charge in [-0.05, 0) is 44.2 Å². The lowest BCUT2D eigenvalue weighted by molar-refractivity contribution is 0.0532. The van der Waals surface area contributed by atoms with Gasteiger partial charge in [0.1, 0.15) is 4.88 Å². The first kappa shape index (κ1) is 13.6. The molecule has 6 heteroatoms. The second-order valence-electron chi connectivity index (χ2n) is 4.81. The number of ether oxygens (including phenoxy) is 1. The summed E-state index contributed by atoms with van der Waals surface area (Å²) in [6.45, 7) is 4.33. The van der Waals surface area contributed by atoms with Crippen LogP contribution in [0.2, 0.25) is 0 Å². The van der Waals surface area contributed by atoms with Gasteiger partial charge in [0.25, 0.3) is 0 Å². The molecule has 0 amide bonds. The van der Waals surface area contributed by atoms with E-state index in [0.29, 0.717) is 11.5 Å². The Hall–Kier alpha value is -1.40. The van der Waals surface area contributed by atoms with Crippen molar-refractivity contribution >= 4 is 38.8 Å². The van der Waals surface area contributed by atoms with Crippen molar-refractivity contribution in [2.45, 2.75) is 32.6 Å². The number of thiazole rings is 1. The molecule has 2 heterocycles. The summed E-state index contributed by atoms with van der Waals surface area (Å²) >= 11 is 3.12. The predicted molar refractivity (Wildman–Crippen MR) is 82.4 cm³/mol. The Morgan fingerprint density at radius 1 is 1.50 bits per heavy atom. The fourth-order valence-corrected chi connectivity index (χ4v) is 4.07. The van der Waals surface area contributed by atoms with E-state index in [1.807, 2.05) is 0 Å². The van der Waals surface area contributed by atoms with Crippen LogP contribution < -0.4 is 5.32 Å². The Bertz CT molecular complexity index is 629. The van der Waals surface area contributed by atoms with Crippen molar-refractivity contribution in [2.75, 3.05) is 11.9 Å². The quantitative estimate of drug-likeness (QED) is 0.836. The molecule has 4 nitrogen and oxygen atoms in total. The third-order valence-electron chi connectivity index (χ3n) is 3.12. The number of esters is 1. The molecule has 1 N–H and O–H groups in total. The van der Waals surface area contributed by atoms with Crippen LogP contribution in [0.25, 0.3) is 0 Å². The monoisotopic (exact) mass is 308 g/mol. The van der Waals surface area contributed by atoms with Gasteiger partial charge < -0.3 is 10.1 Å². The summed E-state index contributed by atoms with van der Waals surface area (Å²) in [7, 11) is 0. The van der Waals surface area contributed by atoms with Crippen molar-refractivity contribution in [2.24, 2.45) is 0 Å². The Labute approximate surface area is 125 Å². The van der Waals surface area contributed by atoms with Crippen molar-refractivity contribution in [1.29, 1.82) is 0 Å². The number of hydrogen-bond donors (Lipinski definition) is 1. The lowest BCUT2D eigenvalue weighted by atomic mass is 10.2. The van der Waals surface area contributed by atoms with E-state index in [4.69, 9.17) is 4.74 Å². The molecule has 1 saturated carbocycles. The first-order valence-corrected chi connectivity index (χ1v) is 8.31. The third-order valence-corrected chi connectivity index (χ3v) is 5.32. The topological polar surface area (TPSA) is 51.2 Å². The number of rotatable bonds is 5. The van der Waals surface area contributed by atoms with Crippen LogP contribution in [0, 0.1) is 6.92 Å². The maximum Gasteiger partial charge on any atom is 0.350 e. The first-order valence-electron chi connectivity index (χ1n) is 6.67. The lowest BCUT2D eigenvalue weighted by Crippen LogP contribution is -2.01. The van der Waals surface area contributed by atoms with Gasteiger partial charge in [0.15, 0.2) is 5.13 Å². The average Bonchev–Trinajstić information content (AvgIpc) is 3.04. The van der Waals surface area contributed by atoms with E-state index in [2.05, 4.69) is 23.3 Å². The van der Waals surface area contributed by atoms with Gasteiger partial charge in [0.05, 0.1) is 17.8 Å². The van der Waals surface area contributed by atoms with Gasteiger partial charge in [0.2, 0.25) is 0 Å². The fourth-order valence-electron chi connectivity index (χ4n) is 2.04. The fraction of sp³-hybridized carbons (Fsp3) is 0.429. The molecule has 2 aromatic heterocycles. The highest BCUT2D eigenvalue weighted by molar-refractivity contribution is 7.19. The average molecular weight is 308 g/mol. The van der Waals surface area contributed by atoms with E-state index in [1.54, 1.807) is 24.5 Å². The normalized spacial score (nSPS) is 14.3. The molecule has 0 unspecified atom stereocenters. The maximum absolute atomic E-state index is 11.6. The Morgan fingerprint density at radius 2 is 2.30 bits per heavy atom. The summed E-state index contributed by atoms with van der Waals surface area (Å²) in [4.78, 5) is 17.8. The van der Waals surface area contributed by atoms with Crippen molar-refractivity contribution in [3.8, 4) is 0 Å². The molecule has 0 spiro atoms. The molecule has 3 rings (SSSR count). The molecule has 0 bridgehead atoms. The lowest BCUT2D eigenvalue weighted by Gasteiger charge is -1.97. The van der Waals surface area contributed by atoms with Crippen molar-refractivity contribution in [1.82, 2.24) is 4.98 Å². The molecule has 1 fully saturated rings. The number of aromatic nitrogens is 1. The van der Waals surface area contributed by atoms with Gasteiger partial charge in [-0.25, -0.2) is 9.78 Å². The zero-order valence-electron chi connectivity index (χ0n) is 11.4. The second kappa shape index (κ2) is 5.54. The highest BCUT2D eigenvalue weighted by Crippen LogP contribution is 2.46. The van der Waals surface area contributed by atoms with Gasteiger partial charge in [0, 0.05) is 4.88 Å². The highest BCUT2D eigenvalue weighted by Gasteiger charge is 2.27. The molecule has 0 radical (unpaired) electrons. The molecule has 0 aliphatic heterocycles. The number of nitrogens with zero attached hydrogens (tertiary/aromatic N) is 1. The molecule has 0 saturated heterocycles. The number of nitrogens with one attached hydrogen (secondary N) is 1. The first-order chi connectivity index (χ1) is 9.67. The van der Waals surface area contributed by atoms with E-state index in [0.717, 1.165) is 16.1 Å². The molecule has 0 atom stereocenters. The molecule has 20 heavy (non-hydrogen) atoms. The molecular formula is C14H16N2O2S2. The van der Waals surface area contributed by atoms with E-state index >= 15 is 0 Å². The molecule has 106 valence electrons. The minimum atomic E-state index is -0.306.